The predicted octanol–water partition coefficient (Wildman–Crippen LogP) is 3.54. The minimum atomic E-state index is 0. The Hall–Kier alpha value is -1.30. The summed E-state index contributed by atoms with van der Waals surface area (Å²) < 4.78 is 2.34. The van der Waals surface area contributed by atoms with Crippen LogP contribution in [0, 0.1) is 5.92 Å². The summed E-state index contributed by atoms with van der Waals surface area (Å²) in [5, 5.41) is 6.19. The van der Waals surface area contributed by atoms with Gasteiger partial charge in [0.1, 0.15) is 5.82 Å². The SMILES string of the molecule is Cl.Cl.O=C(CNCC1CC1)Nc1ccc2c(c1)nc1n2CCCCC1. The summed E-state index contributed by atoms with van der Waals surface area (Å²) in [5.74, 6) is 2.00. The van der Waals surface area contributed by atoms with Gasteiger partial charge in [-0.3, -0.25) is 4.79 Å². The number of carbonyl (C=O) groups excluding carboxylic acids is 1. The van der Waals surface area contributed by atoms with Crippen molar-refractivity contribution in [1.82, 2.24) is 14.9 Å². The number of amides is 1. The zero-order valence-electron chi connectivity index (χ0n) is 14.3. The van der Waals surface area contributed by atoms with Crippen LogP contribution in [0.1, 0.15) is 37.9 Å². The van der Waals surface area contributed by atoms with E-state index < -0.39 is 0 Å². The molecule has 0 radical (unpaired) electrons. The Labute approximate surface area is 160 Å². The fraction of sp³-hybridized carbons (Fsp3) is 0.556. The number of anilines is 1. The summed E-state index contributed by atoms with van der Waals surface area (Å²) >= 11 is 0. The Morgan fingerprint density at radius 3 is 2.84 bits per heavy atom. The van der Waals surface area contributed by atoms with Gasteiger partial charge in [0.25, 0.3) is 0 Å². The molecule has 5 nitrogen and oxygen atoms in total. The maximum absolute atomic E-state index is 12.0. The number of aryl methyl sites for hydroxylation is 2. The fourth-order valence-electron chi connectivity index (χ4n) is 3.34. The van der Waals surface area contributed by atoms with Crippen molar-refractivity contribution in [2.75, 3.05) is 18.4 Å². The maximum atomic E-state index is 12.0. The quantitative estimate of drug-likeness (QED) is 0.828. The van der Waals surface area contributed by atoms with Gasteiger partial charge in [0.15, 0.2) is 0 Å². The Morgan fingerprint density at radius 2 is 2.04 bits per heavy atom. The van der Waals surface area contributed by atoms with Crippen LogP contribution in [0.2, 0.25) is 0 Å². The van der Waals surface area contributed by atoms with Gasteiger partial charge >= 0.3 is 0 Å². The number of hydrogen-bond donors (Lipinski definition) is 2. The van der Waals surface area contributed by atoms with E-state index in [0.29, 0.717) is 6.54 Å². The number of benzene rings is 1. The van der Waals surface area contributed by atoms with Crippen molar-refractivity contribution in [1.29, 1.82) is 0 Å². The van der Waals surface area contributed by atoms with E-state index in [1.807, 2.05) is 12.1 Å². The largest absolute Gasteiger partial charge is 0.328 e. The fourth-order valence-corrected chi connectivity index (χ4v) is 3.34. The number of imidazole rings is 1. The summed E-state index contributed by atoms with van der Waals surface area (Å²) in [5.41, 5.74) is 3.02. The average molecular weight is 385 g/mol. The lowest BCUT2D eigenvalue weighted by Crippen LogP contribution is -2.29. The van der Waals surface area contributed by atoms with E-state index >= 15 is 0 Å². The van der Waals surface area contributed by atoms with E-state index in [-0.39, 0.29) is 30.7 Å². The molecule has 2 aromatic rings. The lowest BCUT2D eigenvalue weighted by molar-refractivity contribution is -0.115. The maximum Gasteiger partial charge on any atom is 0.238 e. The van der Waals surface area contributed by atoms with Gasteiger partial charge in [0.2, 0.25) is 5.91 Å². The third kappa shape index (κ3) is 4.87. The van der Waals surface area contributed by atoms with Crippen molar-refractivity contribution in [3.05, 3.63) is 24.0 Å². The molecule has 4 rings (SSSR count). The second-order valence-electron chi connectivity index (χ2n) is 6.82. The monoisotopic (exact) mass is 384 g/mol. The Morgan fingerprint density at radius 1 is 1.20 bits per heavy atom. The molecule has 7 heteroatoms. The smallest absolute Gasteiger partial charge is 0.238 e. The molecule has 1 aromatic carbocycles. The number of halogens is 2. The number of hydrogen-bond acceptors (Lipinski definition) is 3. The van der Waals surface area contributed by atoms with E-state index in [4.69, 9.17) is 4.98 Å². The Balaban J connectivity index is 0.00000113. The molecule has 2 heterocycles. The molecule has 138 valence electrons. The van der Waals surface area contributed by atoms with Gasteiger partial charge in [-0.2, -0.15) is 0 Å². The highest BCUT2D eigenvalue weighted by molar-refractivity contribution is 5.94. The molecule has 0 unspecified atom stereocenters. The molecule has 1 amide bonds. The zero-order chi connectivity index (χ0) is 15.6. The minimum absolute atomic E-state index is 0. The first-order valence-electron chi connectivity index (χ1n) is 8.79. The van der Waals surface area contributed by atoms with Crippen LogP contribution in [-0.4, -0.2) is 28.5 Å². The first-order chi connectivity index (χ1) is 11.3. The van der Waals surface area contributed by atoms with Gasteiger partial charge in [-0.1, -0.05) is 6.42 Å². The number of nitrogens with one attached hydrogen (secondary N) is 2. The lowest BCUT2D eigenvalue weighted by Gasteiger charge is -2.07. The minimum Gasteiger partial charge on any atom is -0.328 e. The summed E-state index contributed by atoms with van der Waals surface area (Å²) in [6.07, 6.45) is 7.39. The van der Waals surface area contributed by atoms with Crippen molar-refractivity contribution in [2.45, 2.75) is 45.1 Å². The van der Waals surface area contributed by atoms with Crippen LogP contribution in [0.3, 0.4) is 0 Å². The molecule has 0 saturated heterocycles. The second kappa shape index (κ2) is 8.88. The third-order valence-electron chi connectivity index (χ3n) is 4.81. The van der Waals surface area contributed by atoms with E-state index in [0.717, 1.165) is 36.6 Å². The topological polar surface area (TPSA) is 59.0 Å². The van der Waals surface area contributed by atoms with Crippen LogP contribution < -0.4 is 10.6 Å². The van der Waals surface area contributed by atoms with E-state index in [1.54, 1.807) is 0 Å². The van der Waals surface area contributed by atoms with E-state index in [9.17, 15) is 4.79 Å². The molecule has 0 bridgehead atoms. The van der Waals surface area contributed by atoms with Crippen LogP contribution in [0.5, 0.6) is 0 Å². The van der Waals surface area contributed by atoms with Crippen LogP contribution in [-0.2, 0) is 17.8 Å². The summed E-state index contributed by atoms with van der Waals surface area (Å²) in [4.78, 5) is 16.8. The molecule has 1 saturated carbocycles. The van der Waals surface area contributed by atoms with Gasteiger partial charge in [-0.25, -0.2) is 4.98 Å². The number of rotatable bonds is 5. The molecule has 2 N–H and O–H groups in total. The summed E-state index contributed by atoms with van der Waals surface area (Å²) in [7, 11) is 0. The number of nitrogens with zero attached hydrogens (tertiary/aromatic N) is 2. The zero-order valence-corrected chi connectivity index (χ0v) is 15.9. The average Bonchev–Trinajstić information content (AvgIpc) is 3.32. The van der Waals surface area contributed by atoms with Crippen molar-refractivity contribution in [3.8, 4) is 0 Å². The number of carbonyl (C=O) groups is 1. The van der Waals surface area contributed by atoms with E-state index in [2.05, 4.69) is 21.3 Å². The lowest BCUT2D eigenvalue weighted by atomic mass is 10.2. The third-order valence-corrected chi connectivity index (χ3v) is 4.81. The highest BCUT2D eigenvalue weighted by atomic mass is 35.5. The van der Waals surface area contributed by atoms with Gasteiger partial charge in [-0.05, 0) is 56.3 Å². The number of fused-ring (bicyclic) bond motifs is 3. The summed E-state index contributed by atoms with van der Waals surface area (Å²) in [6, 6.07) is 6.07. The van der Waals surface area contributed by atoms with Gasteiger partial charge in [0, 0.05) is 18.7 Å². The molecule has 0 atom stereocenters. The first kappa shape index (κ1) is 20.0. The van der Waals surface area contributed by atoms with Crippen LogP contribution in [0.15, 0.2) is 18.2 Å². The molecular formula is C18H26Cl2N4O. The molecule has 2 aliphatic rings. The predicted molar refractivity (Wildman–Crippen MR) is 106 cm³/mol. The number of aromatic nitrogens is 2. The molecule has 0 spiro atoms. The van der Waals surface area contributed by atoms with Crippen molar-refractivity contribution < 1.29 is 4.79 Å². The van der Waals surface area contributed by atoms with Crippen LogP contribution in [0.25, 0.3) is 11.0 Å². The molecule has 1 aliphatic heterocycles. The summed E-state index contributed by atoms with van der Waals surface area (Å²) in [6.45, 7) is 2.40. The second-order valence-corrected chi connectivity index (χ2v) is 6.82. The van der Waals surface area contributed by atoms with Gasteiger partial charge in [0.05, 0.1) is 17.6 Å². The molecule has 1 fully saturated rings. The molecular weight excluding hydrogens is 359 g/mol. The molecule has 1 aliphatic carbocycles. The highest BCUT2D eigenvalue weighted by Gasteiger charge is 2.20. The van der Waals surface area contributed by atoms with Gasteiger partial charge < -0.3 is 15.2 Å². The Kier molecular flexibility index (Phi) is 7.11. The molecule has 25 heavy (non-hydrogen) atoms. The first-order valence-corrected chi connectivity index (χ1v) is 8.79. The van der Waals surface area contributed by atoms with Crippen molar-refractivity contribution >= 4 is 47.4 Å². The van der Waals surface area contributed by atoms with Crippen LogP contribution in [0.4, 0.5) is 5.69 Å². The van der Waals surface area contributed by atoms with Crippen LogP contribution >= 0.6 is 24.8 Å². The van der Waals surface area contributed by atoms with E-state index in [1.165, 1.54) is 43.4 Å². The highest BCUT2D eigenvalue weighted by Crippen LogP contribution is 2.27. The standard InChI is InChI=1S/C18H24N4O.2ClH/c23-18(12-19-11-13-5-6-13)20-14-7-8-16-15(10-14)21-17-4-2-1-3-9-22(16)17;;/h7-8,10,13,19H,1-6,9,11-12H2,(H,20,23);2*1H. The van der Waals surface area contributed by atoms with Crippen molar-refractivity contribution in [2.24, 2.45) is 5.92 Å². The van der Waals surface area contributed by atoms with Gasteiger partial charge in [-0.15, -0.1) is 24.8 Å². The Bertz CT molecular complexity index is 727. The van der Waals surface area contributed by atoms with Crippen molar-refractivity contribution in [3.63, 3.8) is 0 Å². The normalized spacial score (nSPS) is 16.3. The molecule has 1 aromatic heterocycles.